The Morgan fingerprint density at radius 1 is 1.18 bits per heavy atom. The normalized spacial score (nSPS) is 13.6. The van der Waals surface area contributed by atoms with Gasteiger partial charge < -0.3 is 15.0 Å². The van der Waals surface area contributed by atoms with Crippen LogP contribution in [0.5, 0.6) is 0 Å². The first-order valence-corrected chi connectivity index (χ1v) is 7.02. The van der Waals surface area contributed by atoms with Crippen LogP contribution in [-0.2, 0) is 4.74 Å². The van der Waals surface area contributed by atoms with Gasteiger partial charge in [0.2, 0.25) is 0 Å². The third-order valence-corrected chi connectivity index (χ3v) is 2.66. The van der Waals surface area contributed by atoms with Gasteiger partial charge in [-0.1, -0.05) is 27.2 Å². The smallest absolute Gasteiger partial charge is 0.0591 e. The van der Waals surface area contributed by atoms with E-state index in [0.717, 1.165) is 32.2 Å². The molecule has 0 radical (unpaired) electrons. The van der Waals surface area contributed by atoms with E-state index in [1.165, 1.54) is 19.3 Å². The van der Waals surface area contributed by atoms with Crippen LogP contribution in [0.4, 0.5) is 0 Å². The van der Waals surface area contributed by atoms with Crippen LogP contribution < -0.4 is 5.32 Å². The van der Waals surface area contributed by atoms with Crippen molar-refractivity contribution < 1.29 is 4.74 Å². The predicted molar refractivity (Wildman–Crippen MR) is 75.5 cm³/mol. The summed E-state index contributed by atoms with van der Waals surface area (Å²) in [5, 5.41) is 3.59. The van der Waals surface area contributed by atoms with E-state index in [1.807, 2.05) is 0 Å². The van der Waals surface area contributed by atoms with Crippen molar-refractivity contribution in [1.29, 1.82) is 0 Å². The Bertz CT molecular complexity index is 150. The highest BCUT2D eigenvalue weighted by Gasteiger charge is 2.10. The highest BCUT2D eigenvalue weighted by Crippen LogP contribution is 2.05. The Balaban J connectivity index is 3.60. The fourth-order valence-corrected chi connectivity index (χ4v) is 1.92. The van der Waals surface area contributed by atoms with Gasteiger partial charge in [-0.3, -0.25) is 0 Å². The van der Waals surface area contributed by atoms with E-state index >= 15 is 0 Å². The molecule has 0 aliphatic carbocycles. The van der Waals surface area contributed by atoms with Gasteiger partial charge in [0.1, 0.15) is 0 Å². The molecule has 0 aliphatic rings. The molecule has 0 aromatic rings. The van der Waals surface area contributed by atoms with E-state index in [4.69, 9.17) is 4.74 Å². The van der Waals surface area contributed by atoms with Crippen LogP contribution in [0, 0.1) is 5.92 Å². The Morgan fingerprint density at radius 3 is 2.41 bits per heavy atom. The van der Waals surface area contributed by atoms with E-state index in [-0.39, 0.29) is 0 Å². The quantitative estimate of drug-likeness (QED) is 0.565. The minimum Gasteiger partial charge on any atom is -0.380 e. The fourth-order valence-electron chi connectivity index (χ4n) is 1.92. The first-order chi connectivity index (χ1) is 8.06. The lowest BCUT2D eigenvalue weighted by molar-refractivity contribution is 0.128. The number of likely N-dealkylation sites (N-methyl/N-ethyl adjacent to an activating group) is 1. The molecule has 0 aliphatic heterocycles. The molecule has 1 unspecified atom stereocenters. The average molecular weight is 244 g/mol. The summed E-state index contributed by atoms with van der Waals surface area (Å²) in [5.74, 6) is 0.744. The summed E-state index contributed by atoms with van der Waals surface area (Å²) in [6, 6.07) is 0.583. The molecule has 3 nitrogen and oxygen atoms in total. The number of unbranched alkanes of at least 4 members (excludes halogenated alkanes) is 1. The van der Waals surface area contributed by atoms with Gasteiger partial charge in [0.15, 0.2) is 0 Å². The number of ether oxygens (including phenoxy) is 1. The lowest BCUT2D eigenvalue weighted by Crippen LogP contribution is -2.40. The first-order valence-electron chi connectivity index (χ1n) is 7.02. The molecule has 0 fully saturated rings. The van der Waals surface area contributed by atoms with Crippen LogP contribution in [0.1, 0.15) is 40.0 Å². The van der Waals surface area contributed by atoms with Crippen molar-refractivity contribution in [1.82, 2.24) is 10.2 Å². The molecule has 0 saturated carbocycles. The van der Waals surface area contributed by atoms with E-state index in [1.54, 1.807) is 0 Å². The van der Waals surface area contributed by atoms with Crippen LogP contribution in [0.3, 0.4) is 0 Å². The van der Waals surface area contributed by atoms with Crippen LogP contribution in [0.25, 0.3) is 0 Å². The van der Waals surface area contributed by atoms with Crippen molar-refractivity contribution in [3.8, 4) is 0 Å². The van der Waals surface area contributed by atoms with Crippen LogP contribution in [0.2, 0.25) is 0 Å². The maximum atomic E-state index is 5.56. The molecule has 0 bridgehead atoms. The number of nitrogens with zero attached hydrogens (tertiary/aromatic N) is 1. The van der Waals surface area contributed by atoms with Gasteiger partial charge in [-0.2, -0.15) is 0 Å². The summed E-state index contributed by atoms with van der Waals surface area (Å²) < 4.78 is 5.56. The largest absolute Gasteiger partial charge is 0.380 e. The predicted octanol–water partition coefficient (Wildman–Crippen LogP) is 2.37. The number of hydrogen-bond acceptors (Lipinski definition) is 3. The maximum Gasteiger partial charge on any atom is 0.0591 e. The summed E-state index contributed by atoms with van der Waals surface area (Å²) >= 11 is 0. The van der Waals surface area contributed by atoms with Gasteiger partial charge in [-0.05, 0) is 32.9 Å². The second-order valence-electron chi connectivity index (χ2n) is 5.51. The molecule has 0 aromatic carbocycles. The summed E-state index contributed by atoms with van der Waals surface area (Å²) in [6.07, 6.45) is 3.62. The van der Waals surface area contributed by atoms with E-state index in [0.29, 0.717) is 6.04 Å². The maximum absolute atomic E-state index is 5.56. The molecule has 0 rings (SSSR count). The summed E-state index contributed by atoms with van der Waals surface area (Å²) in [7, 11) is 4.26. The Kier molecular flexibility index (Phi) is 10.9. The zero-order chi connectivity index (χ0) is 13.1. The second kappa shape index (κ2) is 11.0. The van der Waals surface area contributed by atoms with Crippen molar-refractivity contribution in [3.05, 3.63) is 0 Å². The molecule has 3 heteroatoms. The van der Waals surface area contributed by atoms with Crippen LogP contribution in [-0.4, -0.2) is 51.3 Å². The third kappa shape index (κ3) is 12.1. The lowest BCUT2D eigenvalue weighted by Gasteiger charge is -2.24. The Hall–Kier alpha value is -0.120. The molecule has 104 valence electrons. The van der Waals surface area contributed by atoms with Crippen molar-refractivity contribution >= 4 is 0 Å². The lowest BCUT2D eigenvalue weighted by atomic mass is 10.0. The summed E-state index contributed by atoms with van der Waals surface area (Å²) in [5.41, 5.74) is 0. The number of nitrogens with one attached hydrogen (secondary N) is 1. The van der Waals surface area contributed by atoms with Gasteiger partial charge in [0.25, 0.3) is 0 Å². The zero-order valence-electron chi connectivity index (χ0n) is 12.5. The molecule has 0 aromatic heterocycles. The molecule has 1 N–H and O–H groups in total. The molecule has 0 saturated heterocycles. The van der Waals surface area contributed by atoms with Gasteiger partial charge in [0.05, 0.1) is 6.61 Å². The minimum absolute atomic E-state index is 0.583. The monoisotopic (exact) mass is 244 g/mol. The zero-order valence-corrected chi connectivity index (χ0v) is 12.5. The third-order valence-electron chi connectivity index (χ3n) is 2.66. The molecule has 0 heterocycles. The Morgan fingerprint density at radius 2 is 1.88 bits per heavy atom. The van der Waals surface area contributed by atoms with Crippen molar-refractivity contribution in [2.45, 2.75) is 46.1 Å². The first kappa shape index (κ1) is 16.9. The average Bonchev–Trinajstić information content (AvgIpc) is 2.21. The summed E-state index contributed by atoms with van der Waals surface area (Å²) in [6.45, 7) is 10.6. The molecule has 0 spiro atoms. The number of hydrogen-bond donors (Lipinski definition) is 1. The molecular formula is C14H32N2O. The van der Waals surface area contributed by atoms with Gasteiger partial charge >= 0.3 is 0 Å². The standard InChI is InChI=1S/C14H32N2O/c1-6-7-9-17-10-8-15-14(11-13(2)3)12-16(4)5/h13-15H,6-12H2,1-5H3. The number of rotatable bonds is 11. The second-order valence-corrected chi connectivity index (χ2v) is 5.51. The van der Waals surface area contributed by atoms with Crippen molar-refractivity contribution in [2.75, 3.05) is 40.4 Å². The molecular weight excluding hydrogens is 212 g/mol. The molecule has 17 heavy (non-hydrogen) atoms. The Labute approximate surface area is 108 Å². The molecule has 0 amide bonds. The highest BCUT2D eigenvalue weighted by atomic mass is 16.5. The van der Waals surface area contributed by atoms with Gasteiger partial charge in [0, 0.05) is 25.7 Å². The van der Waals surface area contributed by atoms with E-state index < -0.39 is 0 Å². The van der Waals surface area contributed by atoms with Crippen molar-refractivity contribution in [2.24, 2.45) is 5.92 Å². The van der Waals surface area contributed by atoms with Crippen LogP contribution in [0.15, 0.2) is 0 Å². The van der Waals surface area contributed by atoms with Gasteiger partial charge in [-0.15, -0.1) is 0 Å². The van der Waals surface area contributed by atoms with Crippen molar-refractivity contribution in [3.63, 3.8) is 0 Å². The van der Waals surface area contributed by atoms with Gasteiger partial charge in [-0.25, -0.2) is 0 Å². The molecule has 1 atom stereocenters. The fraction of sp³-hybridized carbons (Fsp3) is 1.00. The van der Waals surface area contributed by atoms with E-state index in [2.05, 4.69) is 45.1 Å². The minimum atomic E-state index is 0.583. The summed E-state index contributed by atoms with van der Waals surface area (Å²) in [4.78, 5) is 2.25. The highest BCUT2D eigenvalue weighted by molar-refractivity contribution is 4.71. The SMILES string of the molecule is CCCCOCCNC(CC(C)C)CN(C)C. The topological polar surface area (TPSA) is 24.5 Å². The van der Waals surface area contributed by atoms with E-state index in [9.17, 15) is 0 Å². The van der Waals surface area contributed by atoms with Crippen LogP contribution >= 0.6 is 0 Å².